The second kappa shape index (κ2) is 8.49. The first kappa shape index (κ1) is 21.0. The van der Waals surface area contributed by atoms with E-state index in [0.29, 0.717) is 23.6 Å². The highest BCUT2D eigenvalue weighted by atomic mass is 32.2. The molecule has 160 valence electrons. The molecule has 3 heterocycles. The first-order valence-corrected chi connectivity index (χ1v) is 12.5. The molecule has 4 rings (SSSR count). The van der Waals surface area contributed by atoms with Crippen LogP contribution in [0.5, 0.6) is 0 Å². The Labute approximate surface area is 180 Å². The van der Waals surface area contributed by atoms with E-state index in [9.17, 15) is 13.2 Å². The Morgan fingerprint density at radius 1 is 1.27 bits per heavy atom. The number of amides is 1. The van der Waals surface area contributed by atoms with Crippen LogP contribution in [0.1, 0.15) is 38.6 Å². The van der Waals surface area contributed by atoms with Crippen molar-refractivity contribution in [2.24, 2.45) is 11.8 Å². The normalized spacial score (nSPS) is 19.2. The number of fused-ring (bicyclic) bond motifs is 1. The second-order valence-corrected chi connectivity index (χ2v) is 11.1. The third kappa shape index (κ3) is 4.14. The number of rotatable bonds is 6. The zero-order valence-corrected chi connectivity index (χ0v) is 18.7. The summed E-state index contributed by atoms with van der Waals surface area (Å²) in [5, 5.41) is 4.87. The minimum atomic E-state index is -3.55. The average molecular weight is 447 g/mol. The van der Waals surface area contributed by atoms with E-state index in [1.165, 1.54) is 15.6 Å². The van der Waals surface area contributed by atoms with Crippen LogP contribution in [-0.2, 0) is 14.8 Å². The fourth-order valence-electron chi connectivity index (χ4n) is 3.85. The number of hydrogen-bond donors (Lipinski definition) is 2. The second-order valence-electron chi connectivity index (χ2n) is 8.00. The molecule has 2 aromatic heterocycles. The topological polar surface area (TPSA) is 95.2 Å². The fourth-order valence-corrected chi connectivity index (χ4v) is 6.52. The third-order valence-electron chi connectivity index (χ3n) is 5.51. The zero-order chi connectivity index (χ0) is 21.3. The van der Waals surface area contributed by atoms with Crippen LogP contribution in [0.15, 0.2) is 46.0 Å². The number of piperidine rings is 1. The Hall–Kier alpha value is -2.23. The molecule has 0 saturated carbocycles. The van der Waals surface area contributed by atoms with Gasteiger partial charge in [-0.1, -0.05) is 32.0 Å². The number of hydrogen-bond acceptors (Lipinski definition) is 5. The first-order chi connectivity index (χ1) is 14.4. The number of carbonyl (C=O) groups excluding carboxylic acids is 1. The van der Waals surface area contributed by atoms with E-state index in [1.807, 2.05) is 38.1 Å². The van der Waals surface area contributed by atoms with Gasteiger partial charge < -0.3 is 10.3 Å². The zero-order valence-electron chi connectivity index (χ0n) is 17.0. The van der Waals surface area contributed by atoms with Crippen molar-refractivity contribution >= 4 is 38.3 Å². The van der Waals surface area contributed by atoms with Gasteiger partial charge in [0.25, 0.3) is 10.0 Å². The van der Waals surface area contributed by atoms with Gasteiger partial charge in [0.05, 0.1) is 23.0 Å². The first-order valence-electron chi connectivity index (χ1n) is 10.1. The van der Waals surface area contributed by atoms with Crippen LogP contribution in [-0.4, -0.2) is 41.7 Å². The summed E-state index contributed by atoms with van der Waals surface area (Å²) < 4.78 is 27.5. The van der Waals surface area contributed by atoms with Gasteiger partial charge in [-0.15, -0.1) is 11.3 Å². The number of H-pyrrole nitrogens is 1. The predicted molar refractivity (Wildman–Crippen MR) is 118 cm³/mol. The Balaban J connectivity index is 1.50. The molecule has 3 aromatic rings. The highest BCUT2D eigenvalue weighted by molar-refractivity contribution is 7.91. The van der Waals surface area contributed by atoms with Gasteiger partial charge in [-0.2, -0.15) is 4.31 Å². The van der Waals surface area contributed by atoms with E-state index in [-0.39, 0.29) is 30.3 Å². The molecule has 1 amide bonds. The number of sulfonamides is 1. The lowest BCUT2D eigenvalue weighted by Gasteiger charge is -2.32. The quantitative estimate of drug-likeness (QED) is 0.605. The van der Waals surface area contributed by atoms with Crippen LogP contribution in [0.2, 0.25) is 0 Å². The Morgan fingerprint density at radius 2 is 2.07 bits per heavy atom. The standard InChI is InChI=1S/C21H26N4O3S2/c1-14(2)19(20-22-16-8-3-4-9-17(16)23-20)24-21(26)15-7-5-11-25(13-15)30(27,28)18-10-6-12-29-18/h3-4,6,8-10,12,14-15,19H,5,7,11,13H2,1-2H3,(H,22,23)(H,24,26). The summed E-state index contributed by atoms with van der Waals surface area (Å²) >= 11 is 1.20. The number of thiophene rings is 1. The van der Waals surface area contributed by atoms with Crippen molar-refractivity contribution in [1.82, 2.24) is 19.6 Å². The number of nitrogens with one attached hydrogen (secondary N) is 2. The molecule has 2 N–H and O–H groups in total. The lowest BCUT2D eigenvalue weighted by molar-refractivity contribution is -0.127. The summed E-state index contributed by atoms with van der Waals surface area (Å²) in [7, 11) is -3.55. The van der Waals surface area contributed by atoms with Crippen molar-refractivity contribution < 1.29 is 13.2 Å². The molecule has 1 aliphatic rings. The third-order valence-corrected chi connectivity index (χ3v) is 8.75. The number of aromatic amines is 1. The molecule has 0 radical (unpaired) electrons. The van der Waals surface area contributed by atoms with E-state index in [2.05, 4.69) is 15.3 Å². The number of carbonyl (C=O) groups is 1. The molecule has 1 saturated heterocycles. The summed E-state index contributed by atoms with van der Waals surface area (Å²) in [5.41, 5.74) is 1.79. The maximum atomic E-state index is 13.1. The number of benzene rings is 1. The monoisotopic (exact) mass is 446 g/mol. The van der Waals surface area contributed by atoms with E-state index >= 15 is 0 Å². The molecule has 1 aromatic carbocycles. The maximum Gasteiger partial charge on any atom is 0.252 e. The highest BCUT2D eigenvalue weighted by Crippen LogP contribution is 2.28. The van der Waals surface area contributed by atoms with Crippen molar-refractivity contribution in [1.29, 1.82) is 0 Å². The Morgan fingerprint density at radius 3 is 2.77 bits per heavy atom. The van der Waals surface area contributed by atoms with Crippen molar-refractivity contribution in [2.75, 3.05) is 13.1 Å². The number of para-hydroxylation sites is 2. The van der Waals surface area contributed by atoms with Gasteiger partial charge in [-0.05, 0) is 42.3 Å². The van der Waals surface area contributed by atoms with Crippen LogP contribution < -0.4 is 5.32 Å². The number of nitrogens with zero attached hydrogens (tertiary/aromatic N) is 2. The molecule has 2 unspecified atom stereocenters. The molecule has 0 spiro atoms. The van der Waals surface area contributed by atoms with Crippen molar-refractivity contribution in [3.63, 3.8) is 0 Å². The summed E-state index contributed by atoms with van der Waals surface area (Å²) in [6.07, 6.45) is 1.34. The summed E-state index contributed by atoms with van der Waals surface area (Å²) in [5.74, 6) is 0.349. The predicted octanol–water partition coefficient (Wildman–Crippen LogP) is 3.54. The van der Waals surface area contributed by atoms with Crippen molar-refractivity contribution in [3.05, 3.63) is 47.6 Å². The van der Waals surface area contributed by atoms with Crippen LogP contribution in [0.4, 0.5) is 0 Å². The van der Waals surface area contributed by atoms with Gasteiger partial charge in [0.2, 0.25) is 5.91 Å². The molecule has 2 atom stereocenters. The van der Waals surface area contributed by atoms with Gasteiger partial charge in [0, 0.05) is 13.1 Å². The van der Waals surface area contributed by atoms with Gasteiger partial charge in [-0.25, -0.2) is 13.4 Å². The molecule has 7 nitrogen and oxygen atoms in total. The van der Waals surface area contributed by atoms with Crippen molar-refractivity contribution in [3.8, 4) is 0 Å². The largest absolute Gasteiger partial charge is 0.346 e. The molecule has 9 heteroatoms. The average Bonchev–Trinajstić information content (AvgIpc) is 3.41. The lowest BCUT2D eigenvalue weighted by atomic mass is 9.96. The Kier molecular flexibility index (Phi) is 5.95. The molecule has 0 bridgehead atoms. The lowest BCUT2D eigenvalue weighted by Crippen LogP contribution is -2.46. The highest BCUT2D eigenvalue weighted by Gasteiger charge is 2.35. The van der Waals surface area contributed by atoms with E-state index in [4.69, 9.17) is 0 Å². The van der Waals surface area contributed by atoms with E-state index in [1.54, 1.807) is 17.5 Å². The van der Waals surface area contributed by atoms with Gasteiger partial charge in [0.1, 0.15) is 10.0 Å². The number of aromatic nitrogens is 2. The van der Waals surface area contributed by atoms with Gasteiger partial charge in [-0.3, -0.25) is 4.79 Å². The smallest absolute Gasteiger partial charge is 0.252 e. The minimum absolute atomic E-state index is 0.125. The maximum absolute atomic E-state index is 13.1. The SMILES string of the molecule is CC(C)C(NC(=O)C1CCCN(S(=O)(=O)c2cccs2)C1)c1nc2ccccc2[nH]1. The molecule has 1 fully saturated rings. The minimum Gasteiger partial charge on any atom is -0.346 e. The van der Waals surface area contributed by atoms with Crippen LogP contribution >= 0.6 is 11.3 Å². The fraction of sp³-hybridized carbons (Fsp3) is 0.429. The van der Waals surface area contributed by atoms with Crippen molar-refractivity contribution in [2.45, 2.75) is 36.9 Å². The van der Waals surface area contributed by atoms with Crippen LogP contribution in [0, 0.1) is 11.8 Å². The van der Waals surface area contributed by atoms with E-state index in [0.717, 1.165) is 16.9 Å². The molecule has 0 aliphatic carbocycles. The summed E-state index contributed by atoms with van der Waals surface area (Å²) in [6.45, 7) is 4.72. The molecule has 30 heavy (non-hydrogen) atoms. The summed E-state index contributed by atoms with van der Waals surface area (Å²) in [6, 6.07) is 10.8. The van der Waals surface area contributed by atoms with Gasteiger partial charge in [0.15, 0.2) is 0 Å². The molecular weight excluding hydrogens is 420 g/mol. The molecule has 1 aliphatic heterocycles. The number of imidazole rings is 1. The van der Waals surface area contributed by atoms with Crippen LogP contribution in [0.3, 0.4) is 0 Å². The van der Waals surface area contributed by atoms with Crippen LogP contribution in [0.25, 0.3) is 11.0 Å². The van der Waals surface area contributed by atoms with Gasteiger partial charge >= 0.3 is 0 Å². The Bertz CT molecular complexity index is 1090. The summed E-state index contributed by atoms with van der Waals surface area (Å²) in [4.78, 5) is 21.0. The molecular formula is C21H26N4O3S2. The van der Waals surface area contributed by atoms with E-state index < -0.39 is 10.0 Å².